The quantitative estimate of drug-likeness (QED) is 0.557. The van der Waals surface area contributed by atoms with E-state index in [4.69, 9.17) is 4.74 Å². The normalized spacial score (nSPS) is 14.6. The highest BCUT2D eigenvalue weighted by atomic mass is 19.4. The van der Waals surface area contributed by atoms with Crippen LogP contribution in [0.2, 0.25) is 0 Å². The molecule has 2 N–H and O–H groups in total. The van der Waals surface area contributed by atoms with Gasteiger partial charge in [-0.15, -0.1) is 0 Å². The second-order valence-electron chi connectivity index (χ2n) is 6.73. The molecule has 1 saturated carbocycles. The summed E-state index contributed by atoms with van der Waals surface area (Å²) in [6.45, 7) is 1.60. The summed E-state index contributed by atoms with van der Waals surface area (Å²) in [4.78, 5) is 8.34. The number of alkyl halides is 3. The van der Waals surface area contributed by atoms with E-state index in [-0.39, 0.29) is 0 Å². The van der Waals surface area contributed by atoms with Crippen LogP contribution in [-0.4, -0.2) is 24.6 Å². The van der Waals surface area contributed by atoms with Crippen molar-refractivity contribution in [1.82, 2.24) is 15.6 Å². The maximum atomic E-state index is 12.6. The van der Waals surface area contributed by atoms with Crippen molar-refractivity contribution < 1.29 is 17.9 Å². The summed E-state index contributed by atoms with van der Waals surface area (Å²) in [5, 5.41) is 6.26. The molecule has 1 aromatic carbocycles. The molecule has 8 heteroatoms. The summed E-state index contributed by atoms with van der Waals surface area (Å²) >= 11 is 0. The Bertz CT molecular complexity index is 802. The SMILES string of the molecule is CN=C(NCc1ccc(C(F)(F)F)cc1)NCc1ccnc(OCC2CC2)c1. The number of aliphatic imine (C=N–C) groups is 1. The van der Waals surface area contributed by atoms with Crippen LogP contribution >= 0.6 is 0 Å². The molecule has 0 unspecified atom stereocenters. The first kappa shape index (κ1) is 20.0. The molecule has 0 saturated heterocycles. The minimum absolute atomic E-state index is 0.365. The largest absolute Gasteiger partial charge is 0.477 e. The fourth-order valence-corrected chi connectivity index (χ4v) is 2.53. The average Bonchev–Trinajstić information content (AvgIpc) is 3.51. The maximum absolute atomic E-state index is 12.6. The number of benzene rings is 1. The van der Waals surface area contributed by atoms with Gasteiger partial charge in [-0.05, 0) is 48.1 Å². The van der Waals surface area contributed by atoms with Crippen LogP contribution in [0.1, 0.15) is 29.5 Å². The molecule has 1 aliphatic rings. The zero-order valence-electron chi connectivity index (χ0n) is 15.6. The van der Waals surface area contributed by atoms with Crippen LogP contribution in [0.5, 0.6) is 5.88 Å². The standard InChI is InChI=1S/C20H23F3N4O/c1-24-19(26-11-14-4-6-17(7-5-14)20(21,22)23)27-12-16-8-9-25-18(10-16)28-13-15-2-3-15/h4-10,15H,2-3,11-13H2,1H3,(H2,24,26,27). The number of halogens is 3. The lowest BCUT2D eigenvalue weighted by Gasteiger charge is -2.13. The Balaban J connectivity index is 1.47. The first-order chi connectivity index (χ1) is 13.4. The maximum Gasteiger partial charge on any atom is 0.416 e. The Morgan fingerprint density at radius 3 is 2.39 bits per heavy atom. The van der Waals surface area contributed by atoms with Crippen molar-refractivity contribution >= 4 is 5.96 Å². The number of nitrogens with one attached hydrogen (secondary N) is 2. The van der Waals surface area contributed by atoms with Crippen LogP contribution in [0, 0.1) is 5.92 Å². The monoisotopic (exact) mass is 392 g/mol. The van der Waals surface area contributed by atoms with Gasteiger partial charge < -0.3 is 15.4 Å². The van der Waals surface area contributed by atoms with Crippen molar-refractivity contribution in [2.75, 3.05) is 13.7 Å². The highest BCUT2D eigenvalue weighted by molar-refractivity contribution is 5.79. The van der Waals surface area contributed by atoms with Gasteiger partial charge in [0.1, 0.15) is 0 Å². The second kappa shape index (κ2) is 8.95. The third-order valence-electron chi connectivity index (χ3n) is 4.39. The van der Waals surface area contributed by atoms with Crippen molar-refractivity contribution in [3.8, 4) is 5.88 Å². The summed E-state index contributed by atoms with van der Waals surface area (Å²) in [6, 6.07) is 8.84. The van der Waals surface area contributed by atoms with Crippen LogP contribution in [0.3, 0.4) is 0 Å². The highest BCUT2D eigenvalue weighted by Gasteiger charge is 2.29. The molecule has 0 amide bonds. The minimum atomic E-state index is -4.32. The Kier molecular flexibility index (Phi) is 6.38. The molecule has 1 aliphatic carbocycles. The van der Waals surface area contributed by atoms with Crippen LogP contribution < -0.4 is 15.4 Å². The van der Waals surface area contributed by atoms with Gasteiger partial charge in [-0.1, -0.05) is 12.1 Å². The number of hydrogen-bond acceptors (Lipinski definition) is 3. The molecule has 0 spiro atoms. The van der Waals surface area contributed by atoms with E-state index in [0.29, 0.717) is 37.5 Å². The Hall–Kier alpha value is -2.77. The minimum Gasteiger partial charge on any atom is -0.477 e. The van der Waals surface area contributed by atoms with Crippen molar-refractivity contribution in [1.29, 1.82) is 0 Å². The van der Waals surface area contributed by atoms with Crippen LogP contribution in [0.15, 0.2) is 47.6 Å². The van der Waals surface area contributed by atoms with Gasteiger partial charge in [0.05, 0.1) is 12.2 Å². The number of aromatic nitrogens is 1. The van der Waals surface area contributed by atoms with E-state index < -0.39 is 11.7 Å². The number of rotatable bonds is 7. The van der Waals surface area contributed by atoms with Gasteiger partial charge in [0, 0.05) is 32.4 Å². The third-order valence-corrected chi connectivity index (χ3v) is 4.39. The fourth-order valence-electron chi connectivity index (χ4n) is 2.53. The number of pyridine rings is 1. The lowest BCUT2D eigenvalue weighted by molar-refractivity contribution is -0.137. The molecule has 0 aliphatic heterocycles. The summed E-state index contributed by atoms with van der Waals surface area (Å²) in [5.74, 6) is 1.83. The molecule has 0 atom stereocenters. The van der Waals surface area contributed by atoms with Crippen molar-refractivity contribution in [3.63, 3.8) is 0 Å². The fraction of sp³-hybridized carbons (Fsp3) is 0.400. The molecule has 150 valence electrons. The van der Waals surface area contributed by atoms with E-state index in [9.17, 15) is 13.2 Å². The van der Waals surface area contributed by atoms with E-state index in [1.165, 1.54) is 25.0 Å². The van der Waals surface area contributed by atoms with Gasteiger partial charge in [0.2, 0.25) is 5.88 Å². The first-order valence-electron chi connectivity index (χ1n) is 9.12. The average molecular weight is 392 g/mol. The van der Waals surface area contributed by atoms with Gasteiger partial charge in [0.15, 0.2) is 5.96 Å². The molecule has 3 rings (SSSR count). The van der Waals surface area contributed by atoms with Crippen molar-refractivity contribution in [3.05, 3.63) is 59.3 Å². The summed E-state index contributed by atoms with van der Waals surface area (Å²) < 4.78 is 43.5. The van der Waals surface area contributed by atoms with Gasteiger partial charge >= 0.3 is 6.18 Å². The Morgan fingerprint density at radius 2 is 1.79 bits per heavy atom. The Morgan fingerprint density at radius 1 is 1.11 bits per heavy atom. The first-order valence-corrected chi connectivity index (χ1v) is 9.12. The lowest BCUT2D eigenvalue weighted by Crippen LogP contribution is -2.36. The van der Waals surface area contributed by atoms with Crippen molar-refractivity contribution in [2.45, 2.75) is 32.1 Å². The lowest BCUT2D eigenvalue weighted by atomic mass is 10.1. The number of guanidine groups is 1. The summed E-state index contributed by atoms with van der Waals surface area (Å²) in [6.07, 6.45) is -0.169. The molecular formula is C20H23F3N4O. The predicted octanol–water partition coefficient (Wildman–Crippen LogP) is 3.75. The van der Waals surface area contributed by atoms with E-state index in [0.717, 1.165) is 23.3 Å². The van der Waals surface area contributed by atoms with E-state index >= 15 is 0 Å². The van der Waals surface area contributed by atoms with Crippen LogP contribution in [0.4, 0.5) is 13.2 Å². The molecule has 2 aromatic rings. The second-order valence-corrected chi connectivity index (χ2v) is 6.73. The number of hydrogen-bond donors (Lipinski definition) is 2. The van der Waals surface area contributed by atoms with E-state index in [2.05, 4.69) is 20.6 Å². The molecule has 1 fully saturated rings. The zero-order chi connectivity index (χ0) is 20.0. The van der Waals surface area contributed by atoms with E-state index in [1.807, 2.05) is 12.1 Å². The van der Waals surface area contributed by atoms with Crippen LogP contribution in [0.25, 0.3) is 0 Å². The molecule has 0 bridgehead atoms. The van der Waals surface area contributed by atoms with Gasteiger partial charge in [-0.3, -0.25) is 4.99 Å². The van der Waals surface area contributed by atoms with Gasteiger partial charge in [-0.2, -0.15) is 13.2 Å². The van der Waals surface area contributed by atoms with Gasteiger partial charge in [0.25, 0.3) is 0 Å². The number of nitrogens with zero attached hydrogens (tertiary/aromatic N) is 2. The van der Waals surface area contributed by atoms with Crippen LogP contribution in [-0.2, 0) is 19.3 Å². The predicted molar refractivity (Wildman–Crippen MR) is 101 cm³/mol. The summed E-state index contributed by atoms with van der Waals surface area (Å²) in [5.41, 5.74) is 1.07. The molecule has 0 radical (unpaired) electrons. The smallest absolute Gasteiger partial charge is 0.416 e. The molecule has 28 heavy (non-hydrogen) atoms. The zero-order valence-corrected chi connectivity index (χ0v) is 15.6. The molecule has 5 nitrogen and oxygen atoms in total. The molecular weight excluding hydrogens is 369 g/mol. The molecule has 1 aromatic heterocycles. The van der Waals surface area contributed by atoms with Crippen molar-refractivity contribution in [2.24, 2.45) is 10.9 Å². The summed E-state index contributed by atoms with van der Waals surface area (Å²) in [7, 11) is 1.64. The third kappa shape index (κ3) is 6.14. The number of ether oxygens (including phenoxy) is 1. The Labute approximate surface area is 162 Å². The molecule has 1 heterocycles. The van der Waals surface area contributed by atoms with Gasteiger partial charge in [-0.25, -0.2) is 4.98 Å². The van der Waals surface area contributed by atoms with E-state index in [1.54, 1.807) is 13.2 Å². The topological polar surface area (TPSA) is 58.5 Å². The highest BCUT2D eigenvalue weighted by Crippen LogP contribution is 2.29.